The van der Waals surface area contributed by atoms with Crippen LogP contribution in [0.1, 0.15) is 60.1 Å². The molecule has 0 unspecified atom stereocenters. The summed E-state index contributed by atoms with van der Waals surface area (Å²) in [5.74, 6) is 0.0833. The van der Waals surface area contributed by atoms with Crippen LogP contribution in [0.3, 0.4) is 0 Å². The minimum Gasteiger partial charge on any atom is -0.379 e. The SMILES string of the molecule is O=C(NCC1(N2CCOCC2)CCCCC1)c1c2c(nc3ccccc13)CCC2. The number of carbonyl (C=O) groups is 1. The number of hydrogen-bond acceptors (Lipinski definition) is 4. The topological polar surface area (TPSA) is 54.5 Å². The summed E-state index contributed by atoms with van der Waals surface area (Å²) in [6.45, 7) is 4.29. The summed E-state index contributed by atoms with van der Waals surface area (Å²) in [7, 11) is 0. The fraction of sp³-hybridized carbons (Fsp3) is 0.583. The lowest BCUT2D eigenvalue weighted by Crippen LogP contribution is -2.59. The second-order valence-electron chi connectivity index (χ2n) is 8.85. The monoisotopic (exact) mass is 393 g/mol. The zero-order valence-electron chi connectivity index (χ0n) is 17.2. The summed E-state index contributed by atoms with van der Waals surface area (Å²) < 4.78 is 5.59. The molecule has 154 valence electrons. The third-order valence-electron chi connectivity index (χ3n) is 7.19. The largest absolute Gasteiger partial charge is 0.379 e. The van der Waals surface area contributed by atoms with Crippen molar-refractivity contribution < 1.29 is 9.53 Å². The number of nitrogens with zero attached hydrogens (tertiary/aromatic N) is 2. The average molecular weight is 394 g/mol. The van der Waals surface area contributed by atoms with Crippen LogP contribution in [0.2, 0.25) is 0 Å². The zero-order chi connectivity index (χ0) is 19.7. The molecule has 2 fully saturated rings. The number of para-hydroxylation sites is 1. The maximum Gasteiger partial charge on any atom is 0.252 e. The average Bonchev–Trinajstić information content (AvgIpc) is 3.25. The number of aryl methyl sites for hydroxylation is 1. The Morgan fingerprint density at radius 3 is 2.69 bits per heavy atom. The lowest BCUT2D eigenvalue weighted by molar-refractivity contribution is -0.0361. The molecule has 0 spiro atoms. The molecule has 3 aliphatic rings. The summed E-state index contributed by atoms with van der Waals surface area (Å²) in [4.78, 5) is 20.9. The van der Waals surface area contributed by atoms with Gasteiger partial charge in [-0.2, -0.15) is 0 Å². The van der Waals surface area contributed by atoms with Crippen LogP contribution in [0, 0.1) is 0 Å². The minimum absolute atomic E-state index is 0.0833. The van der Waals surface area contributed by atoms with Crippen molar-refractivity contribution in [3.63, 3.8) is 0 Å². The van der Waals surface area contributed by atoms with Crippen LogP contribution in [0.5, 0.6) is 0 Å². The maximum atomic E-state index is 13.5. The Kier molecular flexibility index (Phi) is 5.27. The van der Waals surface area contributed by atoms with Crippen molar-refractivity contribution in [1.82, 2.24) is 15.2 Å². The van der Waals surface area contributed by atoms with Crippen LogP contribution in [0.15, 0.2) is 24.3 Å². The molecule has 1 amide bonds. The molecule has 5 rings (SSSR count). The van der Waals surface area contributed by atoms with Crippen LogP contribution in [-0.2, 0) is 17.6 Å². The Morgan fingerprint density at radius 2 is 1.86 bits per heavy atom. The highest BCUT2D eigenvalue weighted by molar-refractivity contribution is 6.07. The third-order valence-corrected chi connectivity index (χ3v) is 7.19. The number of benzene rings is 1. The van der Waals surface area contributed by atoms with E-state index in [9.17, 15) is 4.79 Å². The van der Waals surface area contributed by atoms with Gasteiger partial charge in [-0.15, -0.1) is 0 Å². The first-order chi connectivity index (χ1) is 14.3. The van der Waals surface area contributed by atoms with E-state index >= 15 is 0 Å². The summed E-state index contributed by atoms with van der Waals surface area (Å²) in [6, 6.07) is 8.10. The molecule has 1 aromatic carbocycles. The van der Waals surface area contributed by atoms with E-state index in [0.29, 0.717) is 0 Å². The van der Waals surface area contributed by atoms with Crippen LogP contribution in [0.4, 0.5) is 0 Å². The molecule has 1 saturated carbocycles. The second kappa shape index (κ2) is 8.04. The molecule has 5 nitrogen and oxygen atoms in total. The lowest BCUT2D eigenvalue weighted by Gasteiger charge is -2.48. The quantitative estimate of drug-likeness (QED) is 0.864. The predicted octanol–water partition coefficient (Wildman–Crippen LogP) is 3.49. The summed E-state index contributed by atoms with van der Waals surface area (Å²) >= 11 is 0. The van der Waals surface area contributed by atoms with Gasteiger partial charge in [0, 0.05) is 36.3 Å². The second-order valence-corrected chi connectivity index (χ2v) is 8.85. The molecular weight excluding hydrogens is 362 g/mol. The summed E-state index contributed by atoms with van der Waals surface area (Å²) in [5, 5.41) is 4.37. The molecule has 1 N–H and O–H groups in total. The number of morpholine rings is 1. The van der Waals surface area contributed by atoms with E-state index in [0.717, 1.165) is 74.3 Å². The van der Waals surface area contributed by atoms with Gasteiger partial charge in [0.15, 0.2) is 0 Å². The van der Waals surface area contributed by atoms with Gasteiger partial charge in [-0.3, -0.25) is 14.7 Å². The Bertz CT molecular complexity index is 898. The number of aromatic nitrogens is 1. The van der Waals surface area contributed by atoms with Gasteiger partial charge in [-0.1, -0.05) is 37.5 Å². The molecule has 0 atom stereocenters. The van der Waals surface area contributed by atoms with E-state index in [-0.39, 0.29) is 11.4 Å². The van der Waals surface area contributed by atoms with Gasteiger partial charge in [-0.25, -0.2) is 0 Å². The minimum atomic E-state index is 0.0833. The normalized spacial score (nSPS) is 21.8. The first-order valence-corrected chi connectivity index (χ1v) is 11.3. The van der Waals surface area contributed by atoms with Gasteiger partial charge >= 0.3 is 0 Å². The molecular formula is C24H31N3O2. The molecule has 29 heavy (non-hydrogen) atoms. The Morgan fingerprint density at radius 1 is 1.07 bits per heavy atom. The molecule has 0 bridgehead atoms. The van der Waals surface area contributed by atoms with Crippen LogP contribution in [-0.4, -0.2) is 54.2 Å². The van der Waals surface area contributed by atoms with Crippen molar-refractivity contribution >= 4 is 16.8 Å². The number of nitrogens with one attached hydrogen (secondary N) is 1. The van der Waals surface area contributed by atoms with Gasteiger partial charge in [-0.05, 0) is 43.7 Å². The lowest BCUT2D eigenvalue weighted by atomic mass is 9.79. The maximum absolute atomic E-state index is 13.5. The molecule has 1 aromatic heterocycles. The van der Waals surface area contributed by atoms with E-state index in [1.165, 1.54) is 37.7 Å². The van der Waals surface area contributed by atoms with Gasteiger partial charge in [0.25, 0.3) is 5.91 Å². The molecule has 2 aromatic rings. The fourth-order valence-electron chi connectivity index (χ4n) is 5.66. The molecule has 0 radical (unpaired) electrons. The van der Waals surface area contributed by atoms with Gasteiger partial charge in [0.2, 0.25) is 0 Å². The molecule has 1 aliphatic heterocycles. The number of ether oxygens (including phenoxy) is 1. The number of fused-ring (bicyclic) bond motifs is 2. The van der Waals surface area contributed by atoms with E-state index in [4.69, 9.17) is 9.72 Å². The third kappa shape index (κ3) is 3.55. The first kappa shape index (κ1) is 19.0. The van der Waals surface area contributed by atoms with Crippen molar-refractivity contribution in [3.05, 3.63) is 41.1 Å². The van der Waals surface area contributed by atoms with Crippen molar-refractivity contribution in [2.45, 2.75) is 56.9 Å². The standard InChI is InChI=1S/C24H31N3O2/c28-23(22-18-7-2-3-9-20(18)26-21-10-6-8-19(21)22)25-17-24(11-4-1-5-12-24)27-13-15-29-16-14-27/h2-3,7,9H,1,4-6,8,10-17H2,(H,25,28). The summed E-state index contributed by atoms with van der Waals surface area (Å²) in [5.41, 5.74) is 4.19. The number of pyridine rings is 1. The van der Waals surface area contributed by atoms with Crippen molar-refractivity contribution in [3.8, 4) is 0 Å². The highest BCUT2D eigenvalue weighted by Gasteiger charge is 2.39. The van der Waals surface area contributed by atoms with Crippen molar-refractivity contribution in [2.24, 2.45) is 0 Å². The summed E-state index contributed by atoms with van der Waals surface area (Å²) in [6.07, 6.45) is 9.19. The molecule has 5 heteroatoms. The number of rotatable bonds is 4. The van der Waals surface area contributed by atoms with Crippen molar-refractivity contribution in [1.29, 1.82) is 0 Å². The van der Waals surface area contributed by atoms with E-state index < -0.39 is 0 Å². The molecule has 2 heterocycles. The van der Waals surface area contributed by atoms with E-state index in [2.05, 4.69) is 10.2 Å². The Balaban J connectivity index is 1.43. The van der Waals surface area contributed by atoms with Gasteiger partial charge < -0.3 is 10.1 Å². The van der Waals surface area contributed by atoms with E-state index in [1.807, 2.05) is 24.3 Å². The highest BCUT2D eigenvalue weighted by atomic mass is 16.5. The number of hydrogen-bond donors (Lipinski definition) is 1. The van der Waals surface area contributed by atoms with Gasteiger partial charge in [0.1, 0.15) is 0 Å². The van der Waals surface area contributed by atoms with Crippen LogP contribution < -0.4 is 5.32 Å². The smallest absolute Gasteiger partial charge is 0.252 e. The number of carbonyl (C=O) groups excluding carboxylic acids is 1. The molecule has 1 saturated heterocycles. The first-order valence-electron chi connectivity index (χ1n) is 11.3. The Hall–Kier alpha value is -1.98. The zero-order valence-corrected chi connectivity index (χ0v) is 17.2. The molecule has 2 aliphatic carbocycles. The van der Waals surface area contributed by atoms with E-state index in [1.54, 1.807) is 0 Å². The fourth-order valence-corrected chi connectivity index (χ4v) is 5.66. The van der Waals surface area contributed by atoms with Gasteiger partial charge in [0.05, 0.1) is 24.3 Å². The van der Waals surface area contributed by atoms with Crippen LogP contribution >= 0.6 is 0 Å². The van der Waals surface area contributed by atoms with Crippen LogP contribution in [0.25, 0.3) is 10.9 Å². The number of amides is 1. The Labute approximate surface area is 172 Å². The highest BCUT2D eigenvalue weighted by Crippen LogP contribution is 2.35. The predicted molar refractivity (Wildman–Crippen MR) is 114 cm³/mol. The van der Waals surface area contributed by atoms with Crippen molar-refractivity contribution in [2.75, 3.05) is 32.8 Å².